The zero-order chi connectivity index (χ0) is 23.2. The highest BCUT2D eigenvalue weighted by Gasteiger charge is 2.15. The molecule has 0 saturated carbocycles. The number of ether oxygens (including phenoxy) is 2. The lowest BCUT2D eigenvalue weighted by Crippen LogP contribution is -2.25. The summed E-state index contributed by atoms with van der Waals surface area (Å²) >= 11 is 0. The van der Waals surface area contributed by atoms with Crippen LogP contribution in [0.3, 0.4) is 0 Å². The van der Waals surface area contributed by atoms with Gasteiger partial charge in [0.15, 0.2) is 0 Å². The van der Waals surface area contributed by atoms with E-state index in [1.165, 1.54) is 13.3 Å². The second kappa shape index (κ2) is 14.3. The van der Waals surface area contributed by atoms with Crippen molar-refractivity contribution < 1.29 is 23.9 Å². The number of rotatable bonds is 11. The number of carbonyl (C=O) groups is 3. The second-order valence-corrected chi connectivity index (χ2v) is 8.03. The van der Waals surface area contributed by atoms with Gasteiger partial charge < -0.3 is 20.1 Å². The standard InChI is InChI=1S/C25H36N2O5/c1-3-24(29)27-15-9-14-26-23-16-20(18-31-19(2)28)12-13-21(23)17-25(30)32-22-10-7-5-4-6-8-11-22/h7,10,12-13,16,22,26H,3-6,8-9,11,14-15,17-18H2,1-2H3,(H,27,29)/b10-7+. The van der Waals surface area contributed by atoms with Crippen LogP contribution in [0.4, 0.5) is 5.69 Å². The molecule has 1 aliphatic rings. The second-order valence-electron chi connectivity index (χ2n) is 8.03. The van der Waals surface area contributed by atoms with Crippen LogP contribution in [0.2, 0.25) is 0 Å². The Labute approximate surface area is 190 Å². The fraction of sp³-hybridized carbons (Fsp3) is 0.560. The minimum Gasteiger partial charge on any atom is -0.461 e. The van der Waals surface area contributed by atoms with Gasteiger partial charge in [-0.05, 0) is 55.4 Å². The van der Waals surface area contributed by atoms with Crippen LogP contribution in [0.25, 0.3) is 0 Å². The van der Waals surface area contributed by atoms with Gasteiger partial charge in [0, 0.05) is 32.1 Å². The van der Waals surface area contributed by atoms with Gasteiger partial charge in [0.1, 0.15) is 12.7 Å². The molecule has 0 aromatic heterocycles. The summed E-state index contributed by atoms with van der Waals surface area (Å²) in [6, 6.07) is 5.62. The maximum Gasteiger partial charge on any atom is 0.310 e. The molecule has 0 saturated heterocycles. The Bertz CT molecular complexity index is 791. The fourth-order valence-electron chi connectivity index (χ4n) is 3.47. The van der Waals surface area contributed by atoms with Crippen molar-refractivity contribution in [2.45, 2.75) is 77.9 Å². The maximum absolute atomic E-state index is 12.6. The number of hydrogen-bond acceptors (Lipinski definition) is 6. The van der Waals surface area contributed by atoms with Gasteiger partial charge in [-0.1, -0.05) is 31.6 Å². The summed E-state index contributed by atoms with van der Waals surface area (Å²) in [6.07, 6.45) is 10.6. The van der Waals surface area contributed by atoms with Crippen molar-refractivity contribution in [1.82, 2.24) is 5.32 Å². The van der Waals surface area contributed by atoms with E-state index in [0.717, 1.165) is 48.9 Å². The van der Waals surface area contributed by atoms with Gasteiger partial charge in [-0.25, -0.2) is 0 Å². The molecule has 7 heteroatoms. The molecule has 0 spiro atoms. The van der Waals surface area contributed by atoms with Crippen molar-refractivity contribution in [2.24, 2.45) is 0 Å². The molecule has 0 bridgehead atoms. The average molecular weight is 445 g/mol. The van der Waals surface area contributed by atoms with E-state index in [2.05, 4.69) is 16.7 Å². The zero-order valence-corrected chi connectivity index (χ0v) is 19.3. The van der Waals surface area contributed by atoms with E-state index in [9.17, 15) is 14.4 Å². The van der Waals surface area contributed by atoms with Crippen molar-refractivity contribution in [3.05, 3.63) is 41.5 Å². The number of allylic oxidation sites excluding steroid dienone is 1. The van der Waals surface area contributed by atoms with Crippen molar-refractivity contribution in [3.8, 4) is 0 Å². The smallest absolute Gasteiger partial charge is 0.310 e. The quantitative estimate of drug-likeness (QED) is 0.304. The number of amides is 1. The van der Waals surface area contributed by atoms with E-state index in [0.29, 0.717) is 19.5 Å². The topological polar surface area (TPSA) is 93.7 Å². The van der Waals surface area contributed by atoms with Crippen molar-refractivity contribution in [3.63, 3.8) is 0 Å². The van der Waals surface area contributed by atoms with Crippen LogP contribution in [0.1, 0.15) is 69.9 Å². The summed E-state index contributed by atoms with van der Waals surface area (Å²) in [5.74, 6) is -0.572. The van der Waals surface area contributed by atoms with Crippen LogP contribution in [0, 0.1) is 0 Å². The van der Waals surface area contributed by atoms with Crippen LogP contribution in [-0.2, 0) is 36.9 Å². The molecule has 0 heterocycles. The Morgan fingerprint density at radius 2 is 1.97 bits per heavy atom. The van der Waals surface area contributed by atoms with E-state index in [1.807, 2.05) is 31.2 Å². The molecule has 2 rings (SSSR count). The van der Waals surface area contributed by atoms with Gasteiger partial charge in [-0.15, -0.1) is 0 Å². The molecule has 32 heavy (non-hydrogen) atoms. The number of esters is 2. The van der Waals surface area contributed by atoms with E-state index in [4.69, 9.17) is 9.47 Å². The van der Waals surface area contributed by atoms with Crippen LogP contribution >= 0.6 is 0 Å². The molecule has 7 nitrogen and oxygen atoms in total. The van der Waals surface area contributed by atoms with Gasteiger partial charge in [-0.3, -0.25) is 14.4 Å². The van der Waals surface area contributed by atoms with Gasteiger partial charge in [0.05, 0.1) is 6.42 Å². The Kier molecular flexibility index (Phi) is 11.3. The van der Waals surface area contributed by atoms with E-state index < -0.39 is 0 Å². The minimum atomic E-state index is -0.342. The largest absolute Gasteiger partial charge is 0.461 e. The van der Waals surface area contributed by atoms with Crippen molar-refractivity contribution in [2.75, 3.05) is 18.4 Å². The Morgan fingerprint density at radius 3 is 2.75 bits per heavy atom. The number of benzene rings is 1. The summed E-state index contributed by atoms with van der Waals surface area (Å²) in [5, 5.41) is 6.19. The highest BCUT2D eigenvalue weighted by atomic mass is 16.5. The molecule has 1 aromatic rings. The first-order chi connectivity index (χ1) is 15.5. The average Bonchev–Trinajstić information content (AvgIpc) is 2.74. The van der Waals surface area contributed by atoms with E-state index >= 15 is 0 Å². The molecule has 1 unspecified atom stereocenters. The number of carbonyl (C=O) groups excluding carboxylic acids is 3. The van der Waals surface area contributed by atoms with E-state index in [-0.39, 0.29) is 37.0 Å². The molecule has 0 aliphatic heterocycles. The van der Waals surface area contributed by atoms with Crippen molar-refractivity contribution >= 4 is 23.5 Å². The van der Waals surface area contributed by atoms with Crippen LogP contribution in [0.15, 0.2) is 30.4 Å². The zero-order valence-electron chi connectivity index (χ0n) is 19.3. The maximum atomic E-state index is 12.6. The van der Waals surface area contributed by atoms with E-state index in [1.54, 1.807) is 0 Å². The third-order valence-electron chi connectivity index (χ3n) is 5.26. The first kappa shape index (κ1) is 25.4. The third-order valence-corrected chi connectivity index (χ3v) is 5.26. The number of anilines is 1. The van der Waals surface area contributed by atoms with Gasteiger partial charge >= 0.3 is 11.9 Å². The first-order valence-electron chi connectivity index (χ1n) is 11.6. The van der Waals surface area contributed by atoms with Crippen LogP contribution in [-0.4, -0.2) is 37.0 Å². The molecule has 1 aliphatic carbocycles. The molecule has 1 atom stereocenters. The summed E-state index contributed by atoms with van der Waals surface area (Å²) in [6.45, 7) is 4.58. The summed E-state index contributed by atoms with van der Waals surface area (Å²) in [5.41, 5.74) is 2.47. The molecule has 1 amide bonds. The fourth-order valence-corrected chi connectivity index (χ4v) is 3.47. The summed E-state index contributed by atoms with van der Waals surface area (Å²) in [7, 11) is 0. The Balaban J connectivity index is 1.99. The summed E-state index contributed by atoms with van der Waals surface area (Å²) < 4.78 is 10.8. The Morgan fingerprint density at radius 1 is 1.12 bits per heavy atom. The summed E-state index contributed by atoms with van der Waals surface area (Å²) in [4.78, 5) is 35.1. The van der Waals surface area contributed by atoms with Gasteiger partial charge in [0.25, 0.3) is 0 Å². The lowest BCUT2D eigenvalue weighted by molar-refractivity contribution is -0.146. The highest BCUT2D eigenvalue weighted by Crippen LogP contribution is 2.21. The molecular formula is C25H36N2O5. The first-order valence-corrected chi connectivity index (χ1v) is 11.6. The lowest BCUT2D eigenvalue weighted by Gasteiger charge is -2.18. The third kappa shape index (κ3) is 9.98. The normalized spacial score (nSPS) is 16.9. The lowest BCUT2D eigenvalue weighted by atomic mass is 10.0. The Hall–Kier alpha value is -2.83. The van der Waals surface area contributed by atoms with Gasteiger partial charge in [0.2, 0.25) is 5.91 Å². The highest BCUT2D eigenvalue weighted by molar-refractivity contribution is 5.76. The molecule has 2 N–H and O–H groups in total. The molecule has 1 aromatic carbocycles. The van der Waals surface area contributed by atoms with Crippen LogP contribution < -0.4 is 10.6 Å². The van der Waals surface area contributed by atoms with Gasteiger partial charge in [-0.2, -0.15) is 0 Å². The monoisotopic (exact) mass is 444 g/mol. The number of hydrogen-bond donors (Lipinski definition) is 2. The number of nitrogens with one attached hydrogen (secondary N) is 2. The molecular weight excluding hydrogens is 408 g/mol. The molecule has 0 radical (unpaired) electrons. The minimum absolute atomic E-state index is 0.0279. The molecule has 0 fully saturated rings. The predicted octanol–water partition coefficient (Wildman–Crippen LogP) is 4.05. The predicted molar refractivity (Wildman–Crippen MR) is 124 cm³/mol. The van der Waals surface area contributed by atoms with Crippen molar-refractivity contribution in [1.29, 1.82) is 0 Å². The molecule has 176 valence electrons. The SMILES string of the molecule is CCC(=O)NCCCNc1cc(COC(C)=O)ccc1CC(=O)OC1/C=C/CCCCC1. The van der Waals surface area contributed by atoms with Crippen LogP contribution in [0.5, 0.6) is 0 Å².